The standard InChI is InChI=1S/C20H32N2O2/c1-14-5-4-6-20(2)12-18-15(11-17(14)20)16(19(23)24-18)13-22-9-7-21(3)8-10-22/h15-16,18H,4-13H2,1-3H3/t15-,16+,18-,20-/m1/s1. The van der Waals surface area contributed by atoms with Crippen molar-refractivity contribution in [3.05, 3.63) is 11.1 Å². The van der Waals surface area contributed by atoms with Crippen molar-refractivity contribution in [3.8, 4) is 0 Å². The number of allylic oxidation sites excluding steroid dienone is 2. The Morgan fingerprint density at radius 1 is 1.25 bits per heavy atom. The topological polar surface area (TPSA) is 32.8 Å². The van der Waals surface area contributed by atoms with Crippen LogP contribution in [0.15, 0.2) is 11.1 Å². The van der Waals surface area contributed by atoms with E-state index < -0.39 is 0 Å². The molecule has 3 fully saturated rings. The molecule has 4 rings (SSSR count). The Balaban J connectivity index is 1.50. The predicted octanol–water partition coefficient (Wildman–Crippen LogP) is 2.69. The Kier molecular flexibility index (Phi) is 4.24. The van der Waals surface area contributed by atoms with Gasteiger partial charge >= 0.3 is 5.97 Å². The van der Waals surface area contributed by atoms with Crippen molar-refractivity contribution in [1.29, 1.82) is 0 Å². The zero-order chi connectivity index (χ0) is 16.9. The number of esters is 1. The highest BCUT2D eigenvalue weighted by Gasteiger charge is 2.53. The van der Waals surface area contributed by atoms with E-state index in [4.69, 9.17) is 4.74 Å². The fourth-order valence-electron chi connectivity index (χ4n) is 5.63. The molecule has 0 unspecified atom stereocenters. The quantitative estimate of drug-likeness (QED) is 0.575. The minimum Gasteiger partial charge on any atom is -0.462 e. The van der Waals surface area contributed by atoms with E-state index in [2.05, 4.69) is 30.7 Å². The van der Waals surface area contributed by atoms with Gasteiger partial charge in [0.1, 0.15) is 6.10 Å². The van der Waals surface area contributed by atoms with Gasteiger partial charge in [-0.25, -0.2) is 0 Å². The van der Waals surface area contributed by atoms with Gasteiger partial charge in [-0.3, -0.25) is 9.69 Å². The van der Waals surface area contributed by atoms with Gasteiger partial charge in [0.05, 0.1) is 5.92 Å². The number of likely N-dealkylation sites (N-methyl/N-ethyl adjacent to an activating group) is 1. The molecule has 4 atom stereocenters. The lowest BCUT2D eigenvalue weighted by molar-refractivity contribution is -0.145. The summed E-state index contributed by atoms with van der Waals surface area (Å²) >= 11 is 0. The largest absolute Gasteiger partial charge is 0.462 e. The number of fused-ring (bicyclic) bond motifs is 2. The van der Waals surface area contributed by atoms with E-state index in [9.17, 15) is 4.79 Å². The fraction of sp³-hybridized carbons (Fsp3) is 0.850. The Morgan fingerprint density at radius 2 is 2.00 bits per heavy atom. The van der Waals surface area contributed by atoms with Gasteiger partial charge < -0.3 is 9.64 Å². The molecule has 0 aromatic heterocycles. The number of carbonyl (C=O) groups is 1. The molecule has 0 aromatic carbocycles. The van der Waals surface area contributed by atoms with Gasteiger partial charge in [0.25, 0.3) is 0 Å². The van der Waals surface area contributed by atoms with E-state index in [1.807, 2.05) is 0 Å². The van der Waals surface area contributed by atoms with Crippen LogP contribution in [0.5, 0.6) is 0 Å². The van der Waals surface area contributed by atoms with E-state index in [-0.39, 0.29) is 23.4 Å². The Morgan fingerprint density at radius 3 is 2.75 bits per heavy atom. The van der Waals surface area contributed by atoms with E-state index in [1.54, 1.807) is 11.1 Å². The SMILES string of the molecule is CC1=C2C[C@@H]3[C@H](CN4CCN(C)CC4)C(=O)O[C@@H]3C[C@@]2(C)CCC1. The molecule has 4 nitrogen and oxygen atoms in total. The van der Waals surface area contributed by atoms with Crippen molar-refractivity contribution in [2.75, 3.05) is 39.8 Å². The first kappa shape index (κ1) is 16.6. The van der Waals surface area contributed by atoms with Crippen LogP contribution in [0.1, 0.15) is 46.0 Å². The molecular weight excluding hydrogens is 300 g/mol. The van der Waals surface area contributed by atoms with E-state index >= 15 is 0 Å². The number of nitrogens with zero attached hydrogens (tertiary/aromatic N) is 2. The average Bonchev–Trinajstić information content (AvgIpc) is 2.82. The molecule has 0 bridgehead atoms. The Labute approximate surface area is 146 Å². The second-order valence-corrected chi connectivity index (χ2v) is 8.93. The van der Waals surface area contributed by atoms with Crippen molar-refractivity contribution in [1.82, 2.24) is 9.80 Å². The molecule has 0 radical (unpaired) electrons. The summed E-state index contributed by atoms with van der Waals surface area (Å²) in [5.41, 5.74) is 3.54. The summed E-state index contributed by atoms with van der Waals surface area (Å²) in [4.78, 5) is 17.4. The van der Waals surface area contributed by atoms with Crippen molar-refractivity contribution in [2.24, 2.45) is 17.3 Å². The van der Waals surface area contributed by atoms with Crippen molar-refractivity contribution in [3.63, 3.8) is 0 Å². The van der Waals surface area contributed by atoms with Gasteiger partial charge in [0.2, 0.25) is 0 Å². The van der Waals surface area contributed by atoms with Gasteiger partial charge in [-0.1, -0.05) is 18.1 Å². The van der Waals surface area contributed by atoms with Gasteiger partial charge in [0, 0.05) is 38.6 Å². The minimum atomic E-state index is 0.0735. The third-order valence-corrected chi connectivity index (χ3v) is 7.23. The molecule has 0 amide bonds. The first-order valence-electron chi connectivity index (χ1n) is 9.77. The summed E-state index contributed by atoms with van der Waals surface area (Å²) in [6.45, 7) is 10.0. The lowest BCUT2D eigenvalue weighted by atomic mass is 9.59. The highest BCUT2D eigenvalue weighted by molar-refractivity contribution is 5.76. The first-order valence-corrected chi connectivity index (χ1v) is 9.77. The zero-order valence-corrected chi connectivity index (χ0v) is 15.5. The molecule has 2 heterocycles. The first-order chi connectivity index (χ1) is 11.5. The van der Waals surface area contributed by atoms with Gasteiger partial charge in [0.15, 0.2) is 0 Å². The van der Waals surface area contributed by atoms with Crippen LogP contribution < -0.4 is 0 Å². The average molecular weight is 332 g/mol. The third kappa shape index (κ3) is 2.82. The zero-order valence-electron chi connectivity index (χ0n) is 15.5. The highest BCUT2D eigenvalue weighted by atomic mass is 16.6. The molecule has 4 heteroatoms. The molecule has 134 valence electrons. The number of rotatable bonds is 2. The van der Waals surface area contributed by atoms with Crippen molar-refractivity contribution in [2.45, 2.75) is 52.1 Å². The minimum absolute atomic E-state index is 0.0735. The van der Waals surface area contributed by atoms with Crippen LogP contribution in [-0.2, 0) is 9.53 Å². The molecule has 24 heavy (non-hydrogen) atoms. The van der Waals surface area contributed by atoms with Crippen LogP contribution in [0.2, 0.25) is 0 Å². The monoisotopic (exact) mass is 332 g/mol. The molecule has 2 saturated heterocycles. The van der Waals surface area contributed by atoms with E-state index in [0.717, 1.165) is 45.6 Å². The fourth-order valence-corrected chi connectivity index (χ4v) is 5.63. The summed E-state index contributed by atoms with van der Waals surface area (Å²) < 4.78 is 5.89. The van der Waals surface area contributed by atoms with Gasteiger partial charge in [-0.15, -0.1) is 0 Å². The number of carbonyl (C=O) groups excluding carboxylic acids is 1. The molecule has 0 aromatic rings. The molecule has 4 aliphatic rings. The molecular formula is C20H32N2O2. The van der Waals surface area contributed by atoms with Crippen LogP contribution in [0.25, 0.3) is 0 Å². The predicted molar refractivity (Wildman–Crippen MR) is 94.7 cm³/mol. The maximum atomic E-state index is 12.6. The summed E-state index contributed by atoms with van der Waals surface area (Å²) in [6, 6.07) is 0. The second kappa shape index (κ2) is 6.14. The van der Waals surface area contributed by atoms with Crippen molar-refractivity contribution < 1.29 is 9.53 Å². The lowest BCUT2D eigenvalue weighted by Gasteiger charge is -2.46. The second-order valence-electron chi connectivity index (χ2n) is 8.93. The van der Waals surface area contributed by atoms with E-state index in [0.29, 0.717) is 5.92 Å². The Bertz CT molecular complexity index is 550. The van der Waals surface area contributed by atoms with Crippen LogP contribution in [-0.4, -0.2) is 61.6 Å². The van der Waals surface area contributed by atoms with Crippen molar-refractivity contribution >= 4 is 5.97 Å². The normalized spacial score (nSPS) is 41.1. The summed E-state index contributed by atoms with van der Waals surface area (Å²) in [7, 11) is 2.18. The summed E-state index contributed by atoms with van der Waals surface area (Å²) in [5, 5.41) is 0. The summed E-state index contributed by atoms with van der Waals surface area (Å²) in [6.07, 6.45) is 6.12. The highest BCUT2D eigenvalue weighted by Crippen LogP contribution is 2.55. The molecule has 1 saturated carbocycles. The molecule has 2 aliphatic heterocycles. The van der Waals surface area contributed by atoms with Crippen LogP contribution in [0.3, 0.4) is 0 Å². The molecule has 0 N–H and O–H groups in total. The number of ether oxygens (including phenoxy) is 1. The summed E-state index contributed by atoms with van der Waals surface area (Å²) in [5.74, 6) is 0.572. The van der Waals surface area contributed by atoms with Crippen LogP contribution in [0, 0.1) is 17.3 Å². The number of hydrogen-bond acceptors (Lipinski definition) is 4. The third-order valence-electron chi connectivity index (χ3n) is 7.23. The van der Waals surface area contributed by atoms with Crippen LogP contribution in [0.4, 0.5) is 0 Å². The maximum absolute atomic E-state index is 12.6. The smallest absolute Gasteiger partial charge is 0.310 e. The molecule has 0 spiro atoms. The number of piperazine rings is 1. The molecule has 2 aliphatic carbocycles. The number of hydrogen-bond donors (Lipinski definition) is 0. The van der Waals surface area contributed by atoms with Gasteiger partial charge in [-0.2, -0.15) is 0 Å². The van der Waals surface area contributed by atoms with Gasteiger partial charge in [-0.05, 0) is 51.5 Å². The van der Waals surface area contributed by atoms with Crippen LogP contribution >= 0.6 is 0 Å². The van der Waals surface area contributed by atoms with E-state index in [1.165, 1.54) is 19.3 Å². The lowest BCUT2D eigenvalue weighted by Crippen LogP contribution is -2.48. The maximum Gasteiger partial charge on any atom is 0.310 e. The Hall–Kier alpha value is -0.870.